The Hall–Kier alpha value is -3.65. The van der Waals surface area contributed by atoms with E-state index in [-0.39, 0.29) is 5.91 Å². The third-order valence-electron chi connectivity index (χ3n) is 4.21. The number of aryl methyl sites for hydroxylation is 3. The van der Waals surface area contributed by atoms with Crippen molar-refractivity contribution in [2.45, 2.75) is 20.8 Å². The molecule has 0 aliphatic carbocycles. The third-order valence-corrected chi connectivity index (χ3v) is 4.21. The van der Waals surface area contributed by atoms with Crippen molar-refractivity contribution in [1.82, 2.24) is 4.98 Å². The van der Waals surface area contributed by atoms with Crippen molar-refractivity contribution in [2.75, 3.05) is 10.6 Å². The first-order chi connectivity index (χ1) is 13.0. The fourth-order valence-corrected chi connectivity index (χ4v) is 2.95. The first-order valence-electron chi connectivity index (χ1n) is 8.58. The molecule has 1 aromatic heterocycles. The summed E-state index contributed by atoms with van der Waals surface area (Å²) in [6.45, 7) is 5.99. The highest BCUT2D eigenvalue weighted by atomic mass is 16.1. The fraction of sp³-hybridized carbons (Fsp3) is 0.136. The number of rotatable bonds is 4. The molecule has 0 atom stereocenters. The normalized spacial score (nSPS) is 10.1. The molecule has 27 heavy (non-hydrogen) atoms. The molecule has 2 aromatic carbocycles. The zero-order valence-electron chi connectivity index (χ0n) is 15.5. The maximum absolute atomic E-state index is 12.5. The molecule has 0 aliphatic heterocycles. The Morgan fingerprint density at radius 1 is 0.963 bits per heavy atom. The lowest BCUT2D eigenvalue weighted by Crippen LogP contribution is -2.15. The molecular formula is C22H20N4O. The second-order valence-corrected chi connectivity index (χ2v) is 6.47. The van der Waals surface area contributed by atoms with Crippen LogP contribution in [0.25, 0.3) is 0 Å². The van der Waals surface area contributed by atoms with E-state index in [9.17, 15) is 4.79 Å². The van der Waals surface area contributed by atoms with E-state index in [1.54, 1.807) is 30.5 Å². The number of carbonyl (C=O) groups is 1. The van der Waals surface area contributed by atoms with E-state index in [1.165, 1.54) is 5.56 Å². The van der Waals surface area contributed by atoms with Crippen LogP contribution in [0.2, 0.25) is 0 Å². The van der Waals surface area contributed by atoms with Crippen LogP contribution in [0.4, 0.5) is 17.1 Å². The van der Waals surface area contributed by atoms with Gasteiger partial charge in [0.05, 0.1) is 23.5 Å². The van der Waals surface area contributed by atoms with Crippen molar-refractivity contribution in [3.63, 3.8) is 0 Å². The van der Waals surface area contributed by atoms with Crippen LogP contribution in [0.3, 0.4) is 0 Å². The van der Waals surface area contributed by atoms with E-state index in [4.69, 9.17) is 5.26 Å². The van der Waals surface area contributed by atoms with Crippen LogP contribution in [0.1, 0.15) is 32.7 Å². The first kappa shape index (κ1) is 18.2. The highest BCUT2D eigenvalue weighted by Gasteiger charge is 2.11. The maximum Gasteiger partial charge on any atom is 0.274 e. The zero-order chi connectivity index (χ0) is 19.4. The van der Waals surface area contributed by atoms with Crippen molar-refractivity contribution < 1.29 is 4.79 Å². The molecule has 0 radical (unpaired) electrons. The highest BCUT2D eigenvalue weighted by molar-refractivity contribution is 6.03. The molecule has 0 saturated carbocycles. The average Bonchev–Trinajstić information content (AvgIpc) is 2.65. The molecule has 134 valence electrons. The van der Waals surface area contributed by atoms with Gasteiger partial charge in [-0.2, -0.15) is 5.26 Å². The summed E-state index contributed by atoms with van der Waals surface area (Å²) in [6.07, 6.45) is 1.61. The predicted octanol–water partition coefficient (Wildman–Crippen LogP) is 4.87. The number of carbonyl (C=O) groups excluding carboxylic acids is 1. The summed E-state index contributed by atoms with van der Waals surface area (Å²) in [7, 11) is 0. The lowest BCUT2D eigenvalue weighted by atomic mass is 10.0. The lowest BCUT2D eigenvalue weighted by Gasteiger charge is -2.13. The Bertz CT molecular complexity index is 993. The quantitative estimate of drug-likeness (QED) is 0.699. The van der Waals surface area contributed by atoms with Gasteiger partial charge >= 0.3 is 0 Å². The van der Waals surface area contributed by atoms with E-state index < -0.39 is 0 Å². The number of amides is 1. The van der Waals surface area contributed by atoms with Crippen molar-refractivity contribution in [3.8, 4) is 6.07 Å². The number of pyridine rings is 1. The Balaban J connectivity index is 1.71. The van der Waals surface area contributed by atoms with Gasteiger partial charge in [0.2, 0.25) is 0 Å². The van der Waals surface area contributed by atoms with Crippen molar-refractivity contribution in [2.24, 2.45) is 0 Å². The number of hydrogen-bond donors (Lipinski definition) is 2. The summed E-state index contributed by atoms with van der Waals surface area (Å²) < 4.78 is 0. The standard InChI is InChI=1S/C22H20N4O/c1-14-10-15(2)21(16(3)11-14)26-22(27)20-9-8-19(13-24-20)25-18-6-4-17(12-23)5-7-18/h4-11,13,25H,1-3H3,(H,26,27). The topological polar surface area (TPSA) is 77.8 Å². The molecule has 3 aromatic rings. The number of aromatic nitrogens is 1. The molecule has 1 amide bonds. The van der Waals surface area contributed by atoms with E-state index in [1.807, 2.05) is 45.0 Å². The number of hydrogen-bond acceptors (Lipinski definition) is 4. The number of benzene rings is 2. The van der Waals surface area contributed by atoms with E-state index in [0.717, 1.165) is 28.2 Å². The third kappa shape index (κ3) is 4.31. The Kier molecular flexibility index (Phi) is 5.18. The second kappa shape index (κ2) is 7.71. The van der Waals surface area contributed by atoms with Gasteiger partial charge in [-0.3, -0.25) is 4.79 Å². The minimum atomic E-state index is -0.241. The number of nitrogens with one attached hydrogen (secondary N) is 2. The summed E-state index contributed by atoms with van der Waals surface area (Å²) in [4.78, 5) is 16.8. The molecule has 0 saturated heterocycles. The van der Waals surface area contributed by atoms with Gasteiger partial charge in [-0.15, -0.1) is 0 Å². The number of nitriles is 1. The monoisotopic (exact) mass is 356 g/mol. The van der Waals surface area contributed by atoms with Crippen molar-refractivity contribution in [3.05, 3.63) is 82.7 Å². The molecule has 0 unspecified atom stereocenters. The van der Waals surface area contributed by atoms with Crippen molar-refractivity contribution >= 4 is 23.0 Å². The van der Waals surface area contributed by atoms with Crippen LogP contribution in [0.5, 0.6) is 0 Å². The minimum Gasteiger partial charge on any atom is -0.354 e. The molecule has 0 fully saturated rings. The van der Waals surface area contributed by atoms with E-state index >= 15 is 0 Å². The predicted molar refractivity (Wildman–Crippen MR) is 107 cm³/mol. The van der Waals surface area contributed by atoms with Gasteiger partial charge in [-0.1, -0.05) is 17.7 Å². The van der Waals surface area contributed by atoms with Gasteiger partial charge in [0.25, 0.3) is 5.91 Å². The molecule has 0 spiro atoms. The van der Waals surface area contributed by atoms with Crippen LogP contribution in [-0.4, -0.2) is 10.9 Å². The van der Waals surface area contributed by atoms with E-state index in [2.05, 4.69) is 21.7 Å². The fourth-order valence-electron chi connectivity index (χ4n) is 2.95. The molecule has 0 bridgehead atoms. The van der Waals surface area contributed by atoms with Crippen molar-refractivity contribution in [1.29, 1.82) is 5.26 Å². The molecule has 5 nitrogen and oxygen atoms in total. The SMILES string of the molecule is Cc1cc(C)c(NC(=O)c2ccc(Nc3ccc(C#N)cc3)cn2)c(C)c1. The van der Waals surface area contributed by atoms with E-state index in [0.29, 0.717) is 11.3 Å². The molecule has 0 aliphatic rings. The largest absolute Gasteiger partial charge is 0.354 e. The summed E-state index contributed by atoms with van der Waals surface area (Å²) in [5.74, 6) is -0.241. The highest BCUT2D eigenvalue weighted by Crippen LogP contribution is 2.23. The maximum atomic E-state index is 12.5. The summed E-state index contributed by atoms with van der Waals surface area (Å²) in [5, 5.41) is 15.0. The molecule has 5 heteroatoms. The van der Waals surface area contributed by atoms with Gasteiger partial charge in [0.15, 0.2) is 0 Å². The first-order valence-corrected chi connectivity index (χ1v) is 8.58. The van der Waals surface area contributed by atoms with Gasteiger partial charge in [-0.05, 0) is 68.3 Å². The number of nitrogens with zero attached hydrogens (tertiary/aromatic N) is 2. The molecule has 3 rings (SSSR count). The lowest BCUT2D eigenvalue weighted by molar-refractivity contribution is 0.102. The van der Waals surface area contributed by atoms with Gasteiger partial charge in [0, 0.05) is 11.4 Å². The van der Waals surface area contributed by atoms with Crippen LogP contribution >= 0.6 is 0 Å². The molecular weight excluding hydrogens is 336 g/mol. The smallest absolute Gasteiger partial charge is 0.274 e. The number of anilines is 3. The summed E-state index contributed by atoms with van der Waals surface area (Å²) in [6, 6.07) is 16.8. The molecule has 1 heterocycles. The Morgan fingerprint density at radius 2 is 1.59 bits per heavy atom. The molecule has 2 N–H and O–H groups in total. The minimum absolute atomic E-state index is 0.241. The average molecular weight is 356 g/mol. The Labute approximate surface area is 158 Å². The van der Waals surface area contributed by atoms with Gasteiger partial charge in [-0.25, -0.2) is 4.98 Å². The van der Waals surface area contributed by atoms with Crippen LogP contribution in [-0.2, 0) is 0 Å². The zero-order valence-corrected chi connectivity index (χ0v) is 15.5. The van der Waals surface area contributed by atoms with Crippen LogP contribution < -0.4 is 10.6 Å². The van der Waals surface area contributed by atoms with Crippen LogP contribution in [0, 0.1) is 32.1 Å². The van der Waals surface area contributed by atoms with Crippen LogP contribution in [0.15, 0.2) is 54.7 Å². The van der Waals surface area contributed by atoms with Gasteiger partial charge < -0.3 is 10.6 Å². The summed E-state index contributed by atoms with van der Waals surface area (Å²) >= 11 is 0. The summed E-state index contributed by atoms with van der Waals surface area (Å²) in [5.41, 5.74) is 6.61. The van der Waals surface area contributed by atoms with Gasteiger partial charge in [0.1, 0.15) is 5.69 Å². The Morgan fingerprint density at radius 3 is 2.15 bits per heavy atom. The second-order valence-electron chi connectivity index (χ2n) is 6.47.